The Kier molecular flexibility index (Phi) is 14.5. The molecule has 2 rings (SSSR count). The van der Waals surface area contributed by atoms with Crippen LogP contribution in [0.1, 0.15) is 113 Å². The quantitative estimate of drug-likeness (QED) is 0.205. The molecule has 5 heteroatoms. The lowest BCUT2D eigenvalue weighted by Gasteiger charge is -2.15. The van der Waals surface area contributed by atoms with Crippen molar-refractivity contribution in [2.45, 2.75) is 104 Å². The summed E-state index contributed by atoms with van der Waals surface area (Å²) in [4.78, 5) is 13.1. The Labute approximate surface area is 216 Å². The van der Waals surface area contributed by atoms with Gasteiger partial charge in [0.2, 0.25) is 0 Å². The number of unbranched alkanes of at least 4 members (excludes halogenated alkanes) is 12. The molecule has 0 aliphatic rings. The molecular formula is C30H43ClFNO2. The molecule has 0 atom stereocenters. The van der Waals surface area contributed by atoms with Crippen LogP contribution in [0.3, 0.4) is 0 Å². The van der Waals surface area contributed by atoms with E-state index in [9.17, 15) is 9.18 Å². The number of hydrogen-bond donors (Lipinski definition) is 1. The maximum atomic E-state index is 13.5. The summed E-state index contributed by atoms with van der Waals surface area (Å²) in [5, 5.41) is 2.82. The Bertz CT molecular complexity index is 887. The summed E-state index contributed by atoms with van der Waals surface area (Å²) >= 11 is 5.87. The molecule has 0 bridgehead atoms. The number of ether oxygens (including phenoxy) is 1. The van der Waals surface area contributed by atoms with Gasteiger partial charge in [0, 0.05) is 5.69 Å². The summed E-state index contributed by atoms with van der Waals surface area (Å²) in [6.45, 7) is 4.64. The minimum atomic E-state index is -0.512. The van der Waals surface area contributed by atoms with Crippen LogP contribution in [0.5, 0.6) is 5.75 Å². The topological polar surface area (TPSA) is 38.3 Å². The molecule has 0 radical (unpaired) electrons. The molecule has 194 valence electrons. The van der Waals surface area contributed by atoms with Crippen LogP contribution in [0.4, 0.5) is 10.1 Å². The number of rotatable bonds is 18. The monoisotopic (exact) mass is 503 g/mol. The number of anilines is 1. The number of nitrogens with one attached hydrogen (secondary N) is 1. The van der Waals surface area contributed by atoms with Crippen molar-refractivity contribution in [3.8, 4) is 5.75 Å². The largest absolute Gasteiger partial charge is 0.493 e. The summed E-state index contributed by atoms with van der Waals surface area (Å²) in [5.74, 6) is -0.200. The average Bonchev–Trinajstić information content (AvgIpc) is 2.84. The number of benzene rings is 2. The molecular weight excluding hydrogens is 461 g/mol. The first-order valence-electron chi connectivity index (χ1n) is 13.6. The van der Waals surface area contributed by atoms with Crippen molar-refractivity contribution in [1.82, 2.24) is 0 Å². The molecule has 0 heterocycles. The molecule has 0 aliphatic carbocycles. The molecule has 2 aromatic carbocycles. The normalized spacial score (nSPS) is 11.0. The lowest BCUT2D eigenvalue weighted by atomic mass is 9.98. The molecule has 0 fully saturated rings. The van der Waals surface area contributed by atoms with Gasteiger partial charge < -0.3 is 10.1 Å². The summed E-state index contributed by atoms with van der Waals surface area (Å²) in [7, 11) is 0. The van der Waals surface area contributed by atoms with Crippen molar-refractivity contribution in [3.63, 3.8) is 0 Å². The number of halogens is 2. The van der Waals surface area contributed by atoms with Gasteiger partial charge in [-0.05, 0) is 49.6 Å². The predicted octanol–water partition coefficient (Wildman–Crippen LogP) is 9.76. The zero-order valence-electron chi connectivity index (χ0n) is 21.6. The second-order valence-electron chi connectivity index (χ2n) is 9.30. The van der Waals surface area contributed by atoms with E-state index in [0.29, 0.717) is 23.6 Å². The lowest BCUT2D eigenvalue weighted by molar-refractivity contribution is 0.102. The number of carbonyl (C=O) groups excluding carboxylic acids is 1. The highest BCUT2D eigenvalue weighted by Crippen LogP contribution is 2.27. The van der Waals surface area contributed by atoms with Gasteiger partial charge in [-0.25, -0.2) is 4.39 Å². The van der Waals surface area contributed by atoms with Crippen LogP contribution < -0.4 is 10.1 Å². The Morgan fingerprint density at radius 2 is 1.46 bits per heavy atom. The third-order valence-corrected chi connectivity index (χ3v) is 6.66. The van der Waals surface area contributed by atoms with Crippen LogP contribution in [0.25, 0.3) is 0 Å². The van der Waals surface area contributed by atoms with E-state index in [1.165, 1.54) is 88.8 Å². The molecule has 1 amide bonds. The number of aryl methyl sites for hydroxylation is 1. The Morgan fingerprint density at radius 1 is 0.857 bits per heavy atom. The summed E-state index contributed by atoms with van der Waals surface area (Å²) in [5.41, 5.74) is 1.98. The number of carbonyl (C=O) groups is 1. The van der Waals surface area contributed by atoms with Gasteiger partial charge in [-0.15, -0.1) is 0 Å². The van der Waals surface area contributed by atoms with E-state index < -0.39 is 5.82 Å². The predicted molar refractivity (Wildman–Crippen MR) is 146 cm³/mol. The van der Waals surface area contributed by atoms with E-state index in [2.05, 4.69) is 12.2 Å². The second-order valence-corrected chi connectivity index (χ2v) is 9.71. The molecule has 0 aromatic heterocycles. The van der Waals surface area contributed by atoms with Crippen LogP contribution in [0, 0.1) is 5.82 Å². The molecule has 35 heavy (non-hydrogen) atoms. The van der Waals surface area contributed by atoms with Crippen LogP contribution in [0.15, 0.2) is 36.4 Å². The third kappa shape index (κ3) is 11.0. The zero-order valence-corrected chi connectivity index (χ0v) is 22.4. The van der Waals surface area contributed by atoms with E-state index in [0.717, 1.165) is 24.8 Å². The Balaban J connectivity index is 1.78. The highest BCUT2D eigenvalue weighted by molar-refractivity contribution is 6.31. The van der Waals surface area contributed by atoms with E-state index in [1.54, 1.807) is 0 Å². The summed E-state index contributed by atoms with van der Waals surface area (Å²) in [6.07, 6.45) is 17.8. The SMILES string of the molecule is CCCCCCCCCCCCCCCc1cccc(OCC)c1C(=O)Nc1ccc(F)c(Cl)c1. The van der Waals surface area contributed by atoms with Gasteiger partial charge in [-0.2, -0.15) is 0 Å². The molecule has 0 spiro atoms. The van der Waals surface area contributed by atoms with Crippen molar-refractivity contribution in [2.24, 2.45) is 0 Å². The molecule has 0 aliphatic heterocycles. The van der Waals surface area contributed by atoms with Crippen molar-refractivity contribution in [3.05, 3.63) is 58.4 Å². The first-order valence-corrected chi connectivity index (χ1v) is 14.0. The smallest absolute Gasteiger partial charge is 0.259 e. The summed E-state index contributed by atoms with van der Waals surface area (Å²) in [6, 6.07) is 9.94. The fourth-order valence-corrected chi connectivity index (χ4v) is 4.60. The molecule has 2 aromatic rings. The molecule has 1 N–H and O–H groups in total. The van der Waals surface area contributed by atoms with E-state index in [-0.39, 0.29) is 10.9 Å². The number of amides is 1. The highest BCUT2D eigenvalue weighted by atomic mass is 35.5. The standard InChI is InChI=1S/C30H43ClFNO2/c1-3-5-6-7-8-9-10-11-12-13-14-15-16-18-24-19-17-20-28(35-4-2)29(24)30(34)33-25-21-22-27(32)26(31)23-25/h17,19-23H,3-16,18H2,1-2H3,(H,33,34). The maximum Gasteiger partial charge on any atom is 0.259 e. The molecule has 3 nitrogen and oxygen atoms in total. The molecule has 0 saturated carbocycles. The van der Waals surface area contributed by atoms with Gasteiger partial charge >= 0.3 is 0 Å². The van der Waals surface area contributed by atoms with Gasteiger partial charge in [0.05, 0.1) is 17.2 Å². The molecule has 0 saturated heterocycles. The number of hydrogen-bond acceptors (Lipinski definition) is 2. The first kappa shape index (κ1) is 29.2. The van der Waals surface area contributed by atoms with E-state index in [1.807, 2.05) is 25.1 Å². The van der Waals surface area contributed by atoms with Crippen LogP contribution in [0.2, 0.25) is 5.02 Å². The van der Waals surface area contributed by atoms with Crippen molar-refractivity contribution >= 4 is 23.2 Å². The summed E-state index contributed by atoms with van der Waals surface area (Å²) < 4.78 is 19.2. The van der Waals surface area contributed by atoms with Crippen molar-refractivity contribution in [1.29, 1.82) is 0 Å². The van der Waals surface area contributed by atoms with Crippen LogP contribution >= 0.6 is 11.6 Å². The van der Waals surface area contributed by atoms with Crippen LogP contribution in [-0.2, 0) is 6.42 Å². The van der Waals surface area contributed by atoms with Crippen molar-refractivity contribution in [2.75, 3.05) is 11.9 Å². The fraction of sp³-hybridized carbons (Fsp3) is 0.567. The van der Waals surface area contributed by atoms with Gasteiger partial charge in [-0.3, -0.25) is 4.79 Å². The average molecular weight is 504 g/mol. The zero-order chi connectivity index (χ0) is 25.3. The van der Waals surface area contributed by atoms with Gasteiger partial charge in [0.15, 0.2) is 0 Å². The van der Waals surface area contributed by atoms with Crippen molar-refractivity contribution < 1.29 is 13.9 Å². The van der Waals surface area contributed by atoms with Crippen LogP contribution in [-0.4, -0.2) is 12.5 Å². The van der Waals surface area contributed by atoms with Gasteiger partial charge in [-0.1, -0.05) is 108 Å². The first-order chi connectivity index (χ1) is 17.1. The van der Waals surface area contributed by atoms with E-state index >= 15 is 0 Å². The minimum Gasteiger partial charge on any atom is -0.493 e. The molecule has 0 unspecified atom stereocenters. The van der Waals surface area contributed by atoms with Gasteiger partial charge in [0.25, 0.3) is 5.91 Å². The Morgan fingerprint density at radius 3 is 2.03 bits per heavy atom. The Hall–Kier alpha value is -2.07. The second kappa shape index (κ2) is 17.4. The lowest BCUT2D eigenvalue weighted by Crippen LogP contribution is -2.16. The maximum absolute atomic E-state index is 13.5. The third-order valence-electron chi connectivity index (χ3n) is 6.37. The fourth-order valence-electron chi connectivity index (χ4n) is 4.42. The van der Waals surface area contributed by atoms with Gasteiger partial charge in [0.1, 0.15) is 11.6 Å². The minimum absolute atomic E-state index is 0.0203. The highest BCUT2D eigenvalue weighted by Gasteiger charge is 2.18. The van der Waals surface area contributed by atoms with E-state index in [4.69, 9.17) is 16.3 Å².